The van der Waals surface area contributed by atoms with E-state index in [1.165, 1.54) is 24.8 Å². The molecule has 0 unspecified atom stereocenters. The van der Waals surface area contributed by atoms with Crippen molar-refractivity contribution >= 4 is 23.5 Å². The maximum absolute atomic E-state index is 12.5. The zero-order chi connectivity index (χ0) is 23.8. The highest BCUT2D eigenvalue weighted by Gasteiger charge is 2.26. The Kier molecular flexibility index (Phi) is 9.51. The summed E-state index contributed by atoms with van der Waals surface area (Å²) in [6.45, 7) is 5.43. The van der Waals surface area contributed by atoms with E-state index in [1.807, 2.05) is 17.0 Å². The average Bonchev–Trinajstić information content (AvgIpc) is 2.86. The highest BCUT2D eigenvalue weighted by atomic mass is 35.5. The van der Waals surface area contributed by atoms with Crippen molar-refractivity contribution in [2.45, 2.75) is 76.8 Å². The summed E-state index contributed by atoms with van der Waals surface area (Å²) in [6.07, 6.45) is 10.7. The lowest BCUT2D eigenvalue weighted by molar-refractivity contribution is -0.122. The van der Waals surface area contributed by atoms with Gasteiger partial charge in [0.25, 0.3) is 0 Å². The molecule has 0 bridgehead atoms. The van der Waals surface area contributed by atoms with Crippen LogP contribution in [0, 0.1) is 11.8 Å². The molecule has 0 radical (unpaired) electrons. The second-order valence-electron chi connectivity index (χ2n) is 10.6. The first kappa shape index (κ1) is 25.3. The lowest BCUT2D eigenvalue weighted by Gasteiger charge is -2.34. The Morgan fingerprint density at radius 2 is 1.50 bits per heavy atom. The standard InChI is InChI=1S/C27H41ClN4O2/c28-24-8-6-23(7-9-24)20-31-14-10-22(11-15-31)19-29-26(33)18-21-12-16-32(17-13-21)27(34)30-25-4-2-1-3-5-25/h6-9,21-22,25H,1-5,10-20H2,(H,29,33)(H,30,34). The molecule has 3 amide bonds. The SMILES string of the molecule is O=C(CC1CCN(C(=O)NC2CCCCC2)CC1)NCC1CCN(Cc2ccc(Cl)cc2)CC1. The summed E-state index contributed by atoms with van der Waals surface area (Å²) in [4.78, 5) is 29.5. The Morgan fingerprint density at radius 3 is 2.18 bits per heavy atom. The van der Waals surface area contributed by atoms with Crippen LogP contribution in [0.25, 0.3) is 0 Å². The molecular formula is C27H41ClN4O2. The van der Waals surface area contributed by atoms with Crippen molar-refractivity contribution in [3.8, 4) is 0 Å². The van der Waals surface area contributed by atoms with Gasteiger partial charge in [-0.25, -0.2) is 4.79 Å². The molecule has 1 aromatic carbocycles. The molecular weight excluding hydrogens is 448 g/mol. The highest BCUT2D eigenvalue weighted by molar-refractivity contribution is 6.30. The molecule has 3 fully saturated rings. The van der Waals surface area contributed by atoms with Gasteiger partial charge in [0.1, 0.15) is 0 Å². The summed E-state index contributed by atoms with van der Waals surface area (Å²) in [5.74, 6) is 1.13. The normalized spacial score (nSPS) is 21.4. The number of nitrogens with zero attached hydrogens (tertiary/aromatic N) is 2. The van der Waals surface area contributed by atoms with Gasteiger partial charge in [0.05, 0.1) is 0 Å². The van der Waals surface area contributed by atoms with Crippen LogP contribution in [0.4, 0.5) is 4.79 Å². The third kappa shape index (κ3) is 7.88. The van der Waals surface area contributed by atoms with Gasteiger partial charge in [-0.15, -0.1) is 0 Å². The van der Waals surface area contributed by atoms with Gasteiger partial charge in [-0.3, -0.25) is 9.69 Å². The zero-order valence-corrected chi connectivity index (χ0v) is 21.2. The van der Waals surface area contributed by atoms with E-state index in [9.17, 15) is 9.59 Å². The lowest BCUT2D eigenvalue weighted by atomic mass is 9.92. The summed E-state index contributed by atoms with van der Waals surface area (Å²) in [5.41, 5.74) is 1.30. The van der Waals surface area contributed by atoms with E-state index >= 15 is 0 Å². The second kappa shape index (κ2) is 12.8. The van der Waals surface area contributed by atoms with Crippen LogP contribution in [0.5, 0.6) is 0 Å². The van der Waals surface area contributed by atoms with E-state index < -0.39 is 0 Å². The molecule has 2 N–H and O–H groups in total. The largest absolute Gasteiger partial charge is 0.356 e. The Bertz CT molecular complexity index is 780. The smallest absolute Gasteiger partial charge is 0.317 e. The molecule has 0 spiro atoms. The van der Waals surface area contributed by atoms with Crippen molar-refractivity contribution in [2.75, 3.05) is 32.7 Å². The van der Waals surface area contributed by atoms with Gasteiger partial charge in [-0.2, -0.15) is 0 Å². The minimum absolute atomic E-state index is 0.0946. The van der Waals surface area contributed by atoms with Gasteiger partial charge in [0.15, 0.2) is 0 Å². The zero-order valence-electron chi connectivity index (χ0n) is 20.4. The number of piperidine rings is 2. The Hall–Kier alpha value is -1.79. The van der Waals surface area contributed by atoms with Crippen molar-refractivity contribution in [2.24, 2.45) is 11.8 Å². The molecule has 4 rings (SSSR count). The summed E-state index contributed by atoms with van der Waals surface area (Å²) >= 11 is 5.98. The first-order chi connectivity index (χ1) is 16.5. The van der Waals surface area contributed by atoms with E-state index in [0.717, 1.165) is 82.8 Å². The van der Waals surface area contributed by atoms with Crippen LogP contribution in [0.2, 0.25) is 5.02 Å². The minimum Gasteiger partial charge on any atom is -0.356 e. The van der Waals surface area contributed by atoms with Gasteiger partial charge in [0.2, 0.25) is 5.91 Å². The number of likely N-dealkylation sites (tertiary alicyclic amines) is 2. The van der Waals surface area contributed by atoms with Gasteiger partial charge < -0.3 is 15.5 Å². The Labute approximate surface area is 209 Å². The van der Waals surface area contributed by atoms with Crippen molar-refractivity contribution < 1.29 is 9.59 Å². The van der Waals surface area contributed by atoms with Gasteiger partial charge >= 0.3 is 6.03 Å². The van der Waals surface area contributed by atoms with Crippen molar-refractivity contribution in [3.05, 3.63) is 34.9 Å². The Morgan fingerprint density at radius 1 is 0.853 bits per heavy atom. The number of hydrogen-bond acceptors (Lipinski definition) is 3. The highest BCUT2D eigenvalue weighted by Crippen LogP contribution is 2.23. The average molecular weight is 489 g/mol. The molecule has 2 saturated heterocycles. The molecule has 188 valence electrons. The molecule has 0 atom stereocenters. The predicted molar refractivity (Wildman–Crippen MR) is 137 cm³/mol. The Balaban J connectivity index is 1.07. The molecule has 0 aromatic heterocycles. The van der Waals surface area contributed by atoms with Crippen LogP contribution in [-0.2, 0) is 11.3 Å². The number of carbonyl (C=O) groups excluding carboxylic acids is 2. The first-order valence-electron chi connectivity index (χ1n) is 13.3. The third-order valence-corrected chi connectivity index (χ3v) is 8.18. The molecule has 6 nitrogen and oxygen atoms in total. The van der Waals surface area contributed by atoms with Gasteiger partial charge in [-0.05, 0) is 81.1 Å². The molecule has 3 aliphatic rings. The molecule has 7 heteroatoms. The fourth-order valence-corrected chi connectivity index (χ4v) is 5.77. The first-order valence-corrected chi connectivity index (χ1v) is 13.7. The van der Waals surface area contributed by atoms with Crippen molar-refractivity contribution in [1.29, 1.82) is 0 Å². The number of halogens is 1. The maximum Gasteiger partial charge on any atom is 0.317 e. The van der Waals surface area contributed by atoms with Crippen LogP contribution >= 0.6 is 11.6 Å². The molecule has 34 heavy (non-hydrogen) atoms. The molecule has 1 aromatic rings. The number of benzene rings is 1. The number of rotatable bonds is 7. The number of urea groups is 1. The van der Waals surface area contributed by atoms with E-state index in [0.29, 0.717) is 24.3 Å². The fraction of sp³-hybridized carbons (Fsp3) is 0.704. The van der Waals surface area contributed by atoms with E-state index in [1.54, 1.807) is 0 Å². The van der Waals surface area contributed by atoms with Gasteiger partial charge in [0, 0.05) is 43.7 Å². The van der Waals surface area contributed by atoms with Crippen molar-refractivity contribution in [3.63, 3.8) is 0 Å². The van der Waals surface area contributed by atoms with Crippen LogP contribution in [0.3, 0.4) is 0 Å². The minimum atomic E-state index is 0.0946. The van der Waals surface area contributed by atoms with E-state index in [-0.39, 0.29) is 11.9 Å². The molecule has 1 saturated carbocycles. The molecule has 2 heterocycles. The summed E-state index contributed by atoms with van der Waals surface area (Å²) in [7, 11) is 0. The summed E-state index contributed by atoms with van der Waals surface area (Å²) in [6, 6.07) is 8.56. The van der Waals surface area contributed by atoms with Crippen LogP contribution in [-0.4, -0.2) is 60.5 Å². The number of hydrogen-bond donors (Lipinski definition) is 2. The number of nitrogens with one attached hydrogen (secondary N) is 2. The van der Waals surface area contributed by atoms with Crippen molar-refractivity contribution in [1.82, 2.24) is 20.4 Å². The second-order valence-corrected chi connectivity index (χ2v) is 11.0. The topological polar surface area (TPSA) is 64.7 Å². The number of amides is 3. The van der Waals surface area contributed by atoms with E-state index in [2.05, 4.69) is 27.7 Å². The predicted octanol–water partition coefficient (Wildman–Crippen LogP) is 4.81. The fourth-order valence-electron chi connectivity index (χ4n) is 5.64. The van der Waals surface area contributed by atoms with E-state index in [4.69, 9.17) is 11.6 Å². The van der Waals surface area contributed by atoms with Crippen LogP contribution in [0.1, 0.15) is 69.8 Å². The summed E-state index contributed by atoms with van der Waals surface area (Å²) in [5, 5.41) is 7.19. The number of carbonyl (C=O) groups is 2. The van der Waals surface area contributed by atoms with Crippen LogP contribution in [0.15, 0.2) is 24.3 Å². The van der Waals surface area contributed by atoms with Crippen LogP contribution < -0.4 is 10.6 Å². The third-order valence-electron chi connectivity index (χ3n) is 7.92. The monoisotopic (exact) mass is 488 g/mol. The summed E-state index contributed by atoms with van der Waals surface area (Å²) < 4.78 is 0. The molecule has 2 aliphatic heterocycles. The van der Waals surface area contributed by atoms with Gasteiger partial charge in [-0.1, -0.05) is 43.0 Å². The quantitative estimate of drug-likeness (QED) is 0.578. The maximum atomic E-state index is 12.5. The lowest BCUT2D eigenvalue weighted by Crippen LogP contribution is -2.48. The molecule has 1 aliphatic carbocycles.